The molecule has 2 rings (SSSR count). The molecule has 0 saturated carbocycles. The molecule has 1 aromatic rings. The number of piperidine rings is 1. The third-order valence-corrected chi connectivity index (χ3v) is 3.63. The lowest BCUT2D eigenvalue weighted by Crippen LogP contribution is -2.50. The van der Waals surface area contributed by atoms with Crippen molar-refractivity contribution in [1.82, 2.24) is 4.90 Å². The molecule has 2 N–H and O–H groups in total. The summed E-state index contributed by atoms with van der Waals surface area (Å²) >= 11 is 0. The van der Waals surface area contributed by atoms with Crippen LogP contribution in [0, 0.1) is 0 Å². The lowest BCUT2D eigenvalue weighted by Gasteiger charge is -2.38. The highest BCUT2D eigenvalue weighted by Gasteiger charge is 2.25. The van der Waals surface area contributed by atoms with Crippen LogP contribution in [0.2, 0.25) is 0 Å². The monoisotopic (exact) mass is 319 g/mol. The van der Waals surface area contributed by atoms with Crippen molar-refractivity contribution in [3.05, 3.63) is 30.3 Å². The van der Waals surface area contributed by atoms with Gasteiger partial charge in [-0.25, -0.2) is 0 Å². The Kier molecular flexibility index (Phi) is 8.62. The van der Waals surface area contributed by atoms with Crippen LogP contribution >= 0.6 is 24.8 Å². The van der Waals surface area contributed by atoms with Crippen molar-refractivity contribution in [3.63, 3.8) is 0 Å². The number of hydrogen-bond donors (Lipinski definition) is 1. The summed E-state index contributed by atoms with van der Waals surface area (Å²) in [4.78, 5) is 15.8. The topological polar surface area (TPSA) is 49.6 Å². The summed E-state index contributed by atoms with van der Waals surface area (Å²) in [5.74, 6) is 0.0231. The predicted molar refractivity (Wildman–Crippen MR) is 88.0 cm³/mol. The number of amides is 1. The number of nitrogens with zero attached hydrogens (tertiary/aromatic N) is 2. The van der Waals surface area contributed by atoms with Crippen LogP contribution in [0.1, 0.15) is 12.8 Å². The summed E-state index contributed by atoms with van der Waals surface area (Å²) in [5, 5.41) is 0. The molecule has 4 nitrogen and oxygen atoms in total. The van der Waals surface area contributed by atoms with Crippen molar-refractivity contribution < 1.29 is 4.79 Å². The Balaban J connectivity index is 0.00000180. The summed E-state index contributed by atoms with van der Waals surface area (Å²) in [5.41, 5.74) is 6.65. The molecule has 6 heteroatoms. The number of benzene rings is 1. The van der Waals surface area contributed by atoms with Gasteiger partial charge in [-0.15, -0.1) is 24.8 Å². The zero-order valence-corrected chi connectivity index (χ0v) is 13.3. The van der Waals surface area contributed by atoms with Crippen molar-refractivity contribution in [2.45, 2.75) is 18.9 Å². The molecule has 0 spiro atoms. The van der Waals surface area contributed by atoms with Crippen LogP contribution in [-0.4, -0.2) is 43.5 Å². The van der Waals surface area contributed by atoms with Gasteiger partial charge in [-0.3, -0.25) is 4.79 Å². The number of hydrogen-bond acceptors (Lipinski definition) is 3. The van der Waals surface area contributed by atoms with E-state index in [0.717, 1.165) is 25.9 Å². The van der Waals surface area contributed by atoms with Crippen molar-refractivity contribution in [3.8, 4) is 0 Å². The number of nitrogens with two attached hydrogens (primary N) is 1. The predicted octanol–water partition coefficient (Wildman–Crippen LogP) is 1.92. The van der Waals surface area contributed by atoms with Gasteiger partial charge in [0.2, 0.25) is 5.91 Å². The summed E-state index contributed by atoms with van der Waals surface area (Å²) < 4.78 is 0. The Labute approximate surface area is 133 Å². The number of carbonyl (C=O) groups excluding carboxylic acids is 1. The Morgan fingerprint density at radius 2 is 2.00 bits per heavy atom. The van der Waals surface area contributed by atoms with E-state index in [4.69, 9.17) is 5.73 Å². The summed E-state index contributed by atoms with van der Waals surface area (Å²) in [6.45, 7) is 2.05. The molecule has 1 aliphatic heterocycles. The molecule has 1 atom stereocenters. The van der Waals surface area contributed by atoms with Crippen LogP contribution in [0.15, 0.2) is 30.3 Å². The molecular weight excluding hydrogens is 297 g/mol. The largest absolute Gasteiger partial charge is 0.369 e. The molecular formula is C14H23Cl2N3O. The van der Waals surface area contributed by atoms with Crippen molar-refractivity contribution in [1.29, 1.82) is 0 Å². The number of carbonyl (C=O) groups is 1. The van der Waals surface area contributed by atoms with Crippen molar-refractivity contribution >= 4 is 36.4 Å². The lowest BCUT2D eigenvalue weighted by molar-refractivity contribution is -0.130. The molecule has 1 aliphatic rings. The first kappa shape index (κ1) is 19.0. The van der Waals surface area contributed by atoms with Gasteiger partial charge in [0, 0.05) is 31.9 Å². The Morgan fingerprint density at radius 3 is 2.60 bits per heavy atom. The summed E-state index contributed by atoms with van der Waals surface area (Å²) in [6, 6.07) is 10.6. The molecule has 1 heterocycles. The highest BCUT2D eigenvalue weighted by molar-refractivity contribution is 5.85. The number of rotatable bonds is 3. The van der Waals surface area contributed by atoms with E-state index in [1.807, 2.05) is 25.2 Å². The number of anilines is 1. The first-order valence-corrected chi connectivity index (χ1v) is 6.48. The first-order valence-electron chi connectivity index (χ1n) is 6.48. The molecule has 1 fully saturated rings. The van der Waals surface area contributed by atoms with Crippen LogP contribution in [0.3, 0.4) is 0 Å². The van der Waals surface area contributed by atoms with E-state index < -0.39 is 0 Å². The van der Waals surface area contributed by atoms with Gasteiger partial charge >= 0.3 is 0 Å². The fraction of sp³-hybridized carbons (Fsp3) is 0.500. The SMILES string of the molecule is CN(C(=O)CN)C1CCCN(c2ccccc2)C1.Cl.Cl. The van der Waals surface area contributed by atoms with E-state index in [1.165, 1.54) is 5.69 Å². The number of halogens is 2. The highest BCUT2D eigenvalue weighted by Crippen LogP contribution is 2.21. The minimum Gasteiger partial charge on any atom is -0.369 e. The van der Waals surface area contributed by atoms with Gasteiger partial charge in [0.25, 0.3) is 0 Å². The zero-order chi connectivity index (χ0) is 13.0. The number of likely N-dealkylation sites (N-methyl/N-ethyl adjacent to an activating group) is 1. The molecule has 114 valence electrons. The van der Waals surface area contributed by atoms with Gasteiger partial charge in [0.1, 0.15) is 0 Å². The fourth-order valence-corrected chi connectivity index (χ4v) is 2.49. The van der Waals surface area contributed by atoms with Gasteiger partial charge in [-0.1, -0.05) is 18.2 Å². The maximum Gasteiger partial charge on any atom is 0.236 e. The summed E-state index contributed by atoms with van der Waals surface area (Å²) in [7, 11) is 1.86. The van der Waals surface area contributed by atoms with Crippen LogP contribution in [-0.2, 0) is 4.79 Å². The van der Waals surface area contributed by atoms with Gasteiger partial charge < -0.3 is 15.5 Å². The third-order valence-electron chi connectivity index (χ3n) is 3.63. The maximum absolute atomic E-state index is 11.6. The highest BCUT2D eigenvalue weighted by atomic mass is 35.5. The average molecular weight is 320 g/mol. The van der Waals surface area contributed by atoms with Crippen molar-refractivity contribution in [2.75, 3.05) is 31.6 Å². The average Bonchev–Trinajstić information content (AvgIpc) is 2.46. The number of para-hydroxylation sites is 1. The zero-order valence-electron chi connectivity index (χ0n) is 11.7. The molecule has 1 saturated heterocycles. The molecule has 0 aromatic heterocycles. The van der Waals surface area contributed by atoms with Gasteiger partial charge in [-0.05, 0) is 25.0 Å². The van der Waals surface area contributed by atoms with Crippen LogP contribution < -0.4 is 10.6 Å². The quantitative estimate of drug-likeness (QED) is 0.926. The van der Waals surface area contributed by atoms with Crippen LogP contribution in [0.25, 0.3) is 0 Å². The molecule has 0 radical (unpaired) electrons. The van der Waals surface area contributed by atoms with Crippen LogP contribution in [0.4, 0.5) is 5.69 Å². The molecule has 1 unspecified atom stereocenters. The van der Waals surface area contributed by atoms with E-state index in [1.54, 1.807) is 4.90 Å². The van der Waals surface area contributed by atoms with E-state index in [2.05, 4.69) is 17.0 Å². The van der Waals surface area contributed by atoms with Gasteiger partial charge in [0.05, 0.1) is 6.54 Å². The van der Waals surface area contributed by atoms with Crippen molar-refractivity contribution in [2.24, 2.45) is 5.73 Å². The Bertz CT molecular complexity index is 403. The summed E-state index contributed by atoms with van der Waals surface area (Å²) in [6.07, 6.45) is 2.17. The maximum atomic E-state index is 11.6. The Morgan fingerprint density at radius 1 is 1.35 bits per heavy atom. The minimum absolute atomic E-state index is 0. The Hall–Kier alpha value is -0.970. The molecule has 0 bridgehead atoms. The molecule has 20 heavy (non-hydrogen) atoms. The molecule has 1 amide bonds. The second kappa shape index (κ2) is 9.06. The standard InChI is InChI=1S/C14H21N3O.2ClH/c1-16(14(18)10-15)13-8-5-9-17(11-13)12-6-3-2-4-7-12;;/h2-4,6-7,13H,5,8-11,15H2,1H3;2*1H. The second-order valence-electron chi connectivity index (χ2n) is 4.79. The minimum atomic E-state index is 0. The first-order chi connectivity index (χ1) is 8.72. The van der Waals surface area contributed by atoms with E-state index in [0.29, 0.717) is 0 Å². The normalized spacial score (nSPS) is 17.7. The third kappa shape index (κ3) is 4.54. The van der Waals surface area contributed by atoms with Gasteiger partial charge in [-0.2, -0.15) is 0 Å². The smallest absolute Gasteiger partial charge is 0.236 e. The van der Waals surface area contributed by atoms with Crippen LogP contribution in [0.5, 0.6) is 0 Å². The molecule has 1 aromatic carbocycles. The van der Waals surface area contributed by atoms with E-state index in [-0.39, 0.29) is 43.3 Å². The fourth-order valence-electron chi connectivity index (χ4n) is 2.49. The van der Waals surface area contributed by atoms with Gasteiger partial charge in [0.15, 0.2) is 0 Å². The van der Waals surface area contributed by atoms with E-state index in [9.17, 15) is 4.79 Å². The molecule has 0 aliphatic carbocycles. The second-order valence-corrected chi connectivity index (χ2v) is 4.79. The van der Waals surface area contributed by atoms with E-state index >= 15 is 0 Å². The lowest BCUT2D eigenvalue weighted by atomic mass is 10.0.